The maximum Gasteiger partial charge on any atom is 0.329 e. The fraction of sp³-hybridized carbons (Fsp3) is 0.516. The Kier molecular flexibility index (Phi) is 7.72. The van der Waals surface area contributed by atoms with Crippen molar-refractivity contribution < 1.29 is 38.1 Å². The number of benzene rings is 1. The van der Waals surface area contributed by atoms with Crippen molar-refractivity contribution >= 4 is 28.2 Å². The molecule has 0 saturated heterocycles. The molecular formula is C31H36FN3O7S. The van der Waals surface area contributed by atoms with Crippen LogP contribution >= 0.6 is 11.3 Å². The molecule has 230 valence electrons. The highest BCUT2D eigenvalue weighted by molar-refractivity contribution is 7.20. The van der Waals surface area contributed by atoms with E-state index in [1.165, 1.54) is 37.6 Å². The molecule has 3 aliphatic rings. The van der Waals surface area contributed by atoms with E-state index in [0.717, 1.165) is 23.3 Å². The lowest BCUT2D eigenvalue weighted by molar-refractivity contribution is -0.154. The zero-order chi connectivity index (χ0) is 30.6. The molecule has 2 aromatic heterocycles. The maximum atomic E-state index is 14.1. The van der Waals surface area contributed by atoms with Gasteiger partial charge in [0.15, 0.2) is 0 Å². The van der Waals surface area contributed by atoms with Gasteiger partial charge in [0.25, 0.3) is 5.91 Å². The van der Waals surface area contributed by atoms with Gasteiger partial charge in [-0.25, -0.2) is 14.2 Å². The quantitative estimate of drug-likeness (QED) is 0.326. The van der Waals surface area contributed by atoms with Crippen molar-refractivity contribution in [3.05, 3.63) is 53.4 Å². The summed E-state index contributed by atoms with van der Waals surface area (Å²) >= 11 is 1.25. The molecule has 12 heteroatoms. The van der Waals surface area contributed by atoms with Crippen molar-refractivity contribution in [1.29, 1.82) is 0 Å². The average Bonchev–Trinajstić information content (AvgIpc) is 3.74. The van der Waals surface area contributed by atoms with Crippen molar-refractivity contribution in [2.24, 2.45) is 11.8 Å². The number of aliphatic carboxylic acids is 1. The molecule has 2 fully saturated rings. The molecule has 1 aliphatic heterocycles. The van der Waals surface area contributed by atoms with Gasteiger partial charge in [-0.3, -0.25) is 9.69 Å². The number of aliphatic hydroxyl groups is 1. The van der Waals surface area contributed by atoms with Gasteiger partial charge in [-0.05, 0) is 69.9 Å². The fourth-order valence-electron chi connectivity index (χ4n) is 6.94. The Balaban J connectivity index is 1.42. The van der Waals surface area contributed by atoms with E-state index in [9.17, 15) is 24.2 Å². The number of anilines is 1. The van der Waals surface area contributed by atoms with Crippen LogP contribution in [0.4, 0.5) is 9.39 Å². The highest BCUT2D eigenvalue weighted by Gasteiger charge is 2.51. The summed E-state index contributed by atoms with van der Waals surface area (Å²) in [5.41, 5.74) is -0.131. The average molecular weight is 614 g/mol. The van der Waals surface area contributed by atoms with Gasteiger partial charge in [0, 0.05) is 5.56 Å². The molecule has 0 radical (unpaired) electrons. The van der Waals surface area contributed by atoms with Crippen LogP contribution in [0.2, 0.25) is 0 Å². The first kappa shape index (κ1) is 29.6. The number of fused-ring (bicyclic) bond motifs is 2. The molecule has 1 amide bonds. The number of aromatic nitrogens is 1. The van der Waals surface area contributed by atoms with Gasteiger partial charge in [-0.15, -0.1) is 11.3 Å². The number of nitrogens with zero attached hydrogens (tertiary/aromatic N) is 3. The number of aliphatic hydroxyl groups excluding tert-OH is 1. The predicted molar refractivity (Wildman–Crippen MR) is 157 cm³/mol. The predicted octanol–water partition coefficient (Wildman–Crippen LogP) is 5.41. The molecule has 3 heterocycles. The van der Waals surface area contributed by atoms with Gasteiger partial charge >= 0.3 is 5.97 Å². The highest BCUT2D eigenvalue weighted by atomic mass is 32.1. The van der Waals surface area contributed by atoms with E-state index >= 15 is 0 Å². The second kappa shape index (κ2) is 11.2. The molecule has 1 aromatic carbocycles. The third-order valence-corrected chi connectivity index (χ3v) is 10.5. The number of para-hydroxylation sites is 1. The van der Waals surface area contributed by atoms with Crippen LogP contribution in [-0.2, 0) is 9.53 Å². The largest absolute Gasteiger partial charge is 0.496 e. The van der Waals surface area contributed by atoms with E-state index in [2.05, 4.69) is 4.98 Å². The van der Waals surface area contributed by atoms with Gasteiger partial charge in [0.1, 0.15) is 34.8 Å². The standard InChI is InChI=1S/C31H36FN3O7S/c1-16-24-27(36)35(31(2,3)29(37)38)30(39)34(28(24)43-25(16)26-33-9-10-41-26)15-23(21-7-5-6-8-22(21)40-4)42-20-13-17-11-19(32)12-18(17)14-20/h5-10,17-20,23,30,39H,11-15H2,1-4H3,(H,37,38)/t17-,18+,19+,20+,23?,30?. The minimum absolute atomic E-state index is 0.0799. The third kappa shape index (κ3) is 5.08. The molecule has 0 bridgehead atoms. The monoisotopic (exact) mass is 613 g/mol. The summed E-state index contributed by atoms with van der Waals surface area (Å²) in [7, 11) is 1.58. The van der Waals surface area contributed by atoms with Crippen molar-refractivity contribution in [3.63, 3.8) is 0 Å². The maximum absolute atomic E-state index is 14.1. The second-order valence-corrected chi connectivity index (χ2v) is 13.2. The third-order valence-electron chi connectivity index (χ3n) is 9.20. The van der Waals surface area contributed by atoms with Crippen LogP contribution in [0.25, 0.3) is 10.8 Å². The van der Waals surface area contributed by atoms with Crippen LogP contribution in [-0.4, -0.2) is 69.8 Å². The number of rotatable bonds is 9. The number of amides is 1. The highest BCUT2D eigenvalue weighted by Crippen LogP contribution is 2.50. The Morgan fingerprint density at radius 3 is 2.56 bits per heavy atom. The molecule has 0 spiro atoms. The van der Waals surface area contributed by atoms with Crippen LogP contribution in [0.1, 0.15) is 67.1 Å². The summed E-state index contributed by atoms with van der Waals surface area (Å²) in [5.74, 6) is -0.383. The minimum Gasteiger partial charge on any atom is -0.496 e. The van der Waals surface area contributed by atoms with Crippen LogP contribution in [0.15, 0.2) is 41.1 Å². The van der Waals surface area contributed by atoms with Crippen molar-refractivity contribution in [2.75, 3.05) is 18.6 Å². The number of hydrogen-bond acceptors (Lipinski definition) is 9. The van der Waals surface area contributed by atoms with E-state index < -0.39 is 36.0 Å². The Bertz CT molecular complexity index is 1490. The number of halogens is 1. The number of oxazole rings is 1. The van der Waals surface area contributed by atoms with Crippen LogP contribution in [0.3, 0.4) is 0 Å². The van der Waals surface area contributed by atoms with E-state index in [0.29, 0.717) is 39.9 Å². The Morgan fingerprint density at radius 2 is 1.93 bits per heavy atom. The number of hydrogen-bond donors (Lipinski definition) is 2. The normalized spacial score (nSPS) is 26.0. The van der Waals surface area contributed by atoms with Crippen LogP contribution in [0, 0.1) is 18.8 Å². The van der Waals surface area contributed by atoms with E-state index in [4.69, 9.17) is 13.9 Å². The number of alkyl halides is 1. The number of carboxylic acid groups (broad SMARTS) is 1. The van der Waals surface area contributed by atoms with Gasteiger partial charge < -0.3 is 29.0 Å². The second-order valence-electron chi connectivity index (χ2n) is 12.2. The zero-order valence-corrected chi connectivity index (χ0v) is 25.3. The van der Waals surface area contributed by atoms with E-state index in [1.54, 1.807) is 18.9 Å². The summed E-state index contributed by atoms with van der Waals surface area (Å²) < 4.78 is 32.1. The molecule has 2 unspecified atom stereocenters. The summed E-state index contributed by atoms with van der Waals surface area (Å²) in [5, 5.41) is 22.4. The lowest BCUT2D eigenvalue weighted by Gasteiger charge is -2.47. The zero-order valence-electron chi connectivity index (χ0n) is 24.5. The first-order chi connectivity index (χ1) is 20.5. The molecule has 2 aliphatic carbocycles. The number of thiophene rings is 1. The number of methoxy groups -OCH3 is 1. The Labute approximate surface area is 253 Å². The fourth-order valence-corrected chi connectivity index (χ4v) is 8.21. The molecule has 43 heavy (non-hydrogen) atoms. The minimum atomic E-state index is -1.74. The van der Waals surface area contributed by atoms with Gasteiger partial charge in [0.2, 0.25) is 12.2 Å². The number of carboxylic acids is 1. The van der Waals surface area contributed by atoms with Gasteiger partial charge in [-0.2, -0.15) is 0 Å². The number of ether oxygens (including phenoxy) is 2. The van der Waals surface area contributed by atoms with Crippen molar-refractivity contribution in [3.8, 4) is 16.5 Å². The Hall–Kier alpha value is -3.48. The molecule has 3 aromatic rings. The molecule has 6 rings (SSSR count). The molecule has 2 N–H and O–H groups in total. The lowest BCUT2D eigenvalue weighted by atomic mass is 9.98. The first-order valence-electron chi connectivity index (χ1n) is 14.5. The number of carbonyl (C=O) groups excluding carboxylic acids is 1. The summed E-state index contributed by atoms with van der Waals surface area (Å²) in [6.45, 7) is 4.62. The van der Waals surface area contributed by atoms with Crippen LogP contribution in [0.5, 0.6) is 5.75 Å². The topological polar surface area (TPSA) is 126 Å². The number of carbonyl (C=O) groups is 2. The Morgan fingerprint density at radius 1 is 1.23 bits per heavy atom. The molecular weight excluding hydrogens is 577 g/mol. The summed E-state index contributed by atoms with van der Waals surface area (Å²) in [4.78, 5) is 33.8. The van der Waals surface area contributed by atoms with Gasteiger partial charge in [0.05, 0.1) is 36.4 Å². The van der Waals surface area contributed by atoms with Crippen molar-refractivity contribution in [2.45, 2.75) is 76.7 Å². The van der Waals surface area contributed by atoms with E-state index in [-0.39, 0.29) is 30.0 Å². The van der Waals surface area contributed by atoms with Crippen molar-refractivity contribution in [1.82, 2.24) is 9.88 Å². The smallest absolute Gasteiger partial charge is 0.329 e. The van der Waals surface area contributed by atoms with Gasteiger partial charge in [-0.1, -0.05) is 18.2 Å². The summed E-state index contributed by atoms with van der Waals surface area (Å²) in [6, 6.07) is 7.47. The molecule has 6 atom stereocenters. The SMILES string of the molecule is COc1ccccc1C(CN1c2sc(-c3ncco3)c(C)c2C(=O)N(C(C)(C)C(=O)O)C1O)O[C@H]1C[C@H]2C[C@H](F)C[C@H]2C1. The van der Waals surface area contributed by atoms with Crippen LogP contribution < -0.4 is 9.64 Å². The summed E-state index contributed by atoms with van der Waals surface area (Å²) in [6.07, 6.45) is 2.42. The molecule has 2 saturated carbocycles. The molecule has 10 nitrogen and oxygen atoms in total. The van der Waals surface area contributed by atoms with E-state index in [1.807, 2.05) is 24.3 Å². The first-order valence-corrected chi connectivity index (χ1v) is 15.3. The lowest BCUT2D eigenvalue weighted by Crippen LogP contribution is -2.65.